The summed E-state index contributed by atoms with van der Waals surface area (Å²) in [6.07, 6.45) is -4.02. The maximum absolute atomic E-state index is 13.2. The Balaban J connectivity index is 2.02. The highest BCUT2D eigenvalue weighted by atomic mass is 19.4. The Morgan fingerprint density at radius 3 is 2.23 bits per heavy atom. The predicted molar refractivity (Wildman–Crippen MR) is 94.1 cm³/mol. The van der Waals surface area contributed by atoms with Crippen molar-refractivity contribution in [3.63, 3.8) is 0 Å². The Morgan fingerprint density at radius 2 is 1.65 bits per heavy atom. The lowest BCUT2D eigenvalue weighted by Gasteiger charge is -2.12. The Labute approximate surface area is 150 Å². The van der Waals surface area contributed by atoms with Crippen LogP contribution in [0.4, 0.5) is 13.2 Å². The zero-order chi connectivity index (χ0) is 19.0. The topological polar surface area (TPSA) is 38.3 Å². The van der Waals surface area contributed by atoms with Gasteiger partial charge in [-0.1, -0.05) is 54.6 Å². The van der Waals surface area contributed by atoms with E-state index in [0.717, 1.165) is 11.1 Å². The Kier molecular flexibility index (Phi) is 6.97. The summed E-state index contributed by atoms with van der Waals surface area (Å²) >= 11 is 0. The number of ether oxygens (including phenoxy) is 1. The van der Waals surface area contributed by atoms with E-state index in [9.17, 15) is 18.0 Å². The Morgan fingerprint density at radius 1 is 1.04 bits per heavy atom. The molecule has 0 saturated heterocycles. The van der Waals surface area contributed by atoms with E-state index >= 15 is 0 Å². The van der Waals surface area contributed by atoms with Crippen molar-refractivity contribution in [1.29, 1.82) is 0 Å². The van der Waals surface area contributed by atoms with Crippen LogP contribution >= 0.6 is 0 Å². The average Bonchev–Trinajstić information content (AvgIpc) is 2.63. The third-order valence-corrected chi connectivity index (χ3v) is 3.63. The van der Waals surface area contributed by atoms with Crippen LogP contribution in [0.25, 0.3) is 5.57 Å². The lowest BCUT2D eigenvalue weighted by molar-refractivity contribution is -0.117. The van der Waals surface area contributed by atoms with Gasteiger partial charge in [-0.2, -0.15) is 13.2 Å². The second kappa shape index (κ2) is 9.20. The van der Waals surface area contributed by atoms with Gasteiger partial charge >= 0.3 is 6.18 Å². The first-order valence-corrected chi connectivity index (χ1v) is 8.18. The van der Waals surface area contributed by atoms with E-state index in [1.807, 2.05) is 19.1 Å². The van der Waals surface area contributed by atoms with Crippen molar-refractivity contribution < 1.29 is 22.7 Å². The molecular weight excluding hydrogens is 343 g/mol. The molecule has 0 saturated carbocycles. The molecule has 0 aliphatic carbocycles. The monoisotopic (exact) mass is 363 g/mol. The molecule has 0 aromatic heterocycles. The summed E-state index contributed by atoms with van der Waals surface area (Å²) in [4.78, 5) is 11.9. The first-order valence-electron chi connectivity index (χ1n) is 8.18. The average molecular weight is 363 g/mol. The molecule has 0 fully saturated rings. The fourth-order valence-electron chi connectivity index (χ4n) is 2.29. The highest BCUT2D eigenvalue weighted by Crippen LogP contribution is 2.33. The number of carbonyl (C=O) groups excluding carboxylic acids is 1. The van der Waals surface area contributed by atoms with Gasteiger partial charge in [0.2, 0.25) is 5.91 Å². The largest absolute Gasteiger partial charge is 0.417 e. The molecule has 2 aromatic rings. The third-order valence-electron chi connectivity index (χ3n) is 3.63. The molecule has 3 nitrogen and oxygen atoms in total. The van der Waals surface area contributed by atoms with Gasteiger partial charge in [0.25, 0.3) is 0 Å². The van der Waals surface area contributed by atoms with Crippen LogP contribution in [0.5, 0.6) is 0 Å². The minimum absolute atomic E-state index is 0.0459. The molecule has 6 heteroatoms. The number of benzene rings is 2. The Hall–Kier alpha value is -2.60. The van der Waals surface area contributed by atoms with Crippen LogP contribution in [0.3, 0.4) is 0 Å². The summed E-state index contributed by atoms with van der Waals surface area (Å²) in [6, 6.07) is 14.6. The zero-order valence-corrected chi connectivity index (χ0v) is 14.3. The number of carbonyl (C=O) groups is 1. The van der Waals surface area contributed by atoms with Gasteiger partial charge < -0.3 is 10.1 Å². The highest BCUT2D eigenvalue weighted by Gasteiger charge is 2.35. The molecule has 0 bridgehead atoms. The summed E-state index contributed by atoms with van der Waals surface area (Å²) in [7, 11) is 0. The van der Waals surface area contributed by atoms with Crippen LogP contribution in [0, 0.1) is 0 Å². The number of allylic oxidation sites excluding steroid dienone is 1. The molecule has 1 N–H and O–H groups in total. The molecule has 0 aliphatic rings. The summed E-state index contributed by atoms with van der Waals surface area (Å²) in [6.45, 7) is 3.16. The first kappa shape index (κ1) is 19.7. The molecule has 0 heterocycles. The number of nitrogens with one attached hydrogen (secondary N) is 1. The first-order chi connectivity index (χ1) is 12.4. The zero-order valence-electron chi connectivity index (χ0n) is 14.3. The van der Waals surface area contributed by atoms with Gasteiger partial charge in [0, 0.05) is 19.2 Å². The Bertz CT molecular complexity index is 738. The van der Waals surface area contributed by atoms with Crippen LogP contribution in [0.15, 0.2) is 60.7 Å². The summed E-state index contributed by atoms with van der Waals surface area (Å²) in [5.41, 5.74) is 0.767. The van der Waals surface area contributed by atoms with Crippen molar-refractivity contribution in [3.05, 3.63) is 77.4 Å². The molecule has 138 valence electrons. The maximum Gasteiger partial charge on any atom is 0.417 e. The molecule has 0 aliphatic heterocycles. The van der Waals surface area contributed by atoms with E-state index < -0.39 is 17.7 Å². The number of alkyl halides is 3. The minimum atomic E-state index is -4.61. The lowest BCUT2D eigenvalue weighted by atomic mass is 10.1. The van der Waals surface area contributed by atoms with Gasteiger partial charge in [-0.25, -0.2) is 0 Å². The van der Waals surface area contributed by atoms with Gasteiger partial charge in [0.15, 0.2) is 0 Å². The van der Waals surface area contributed by atoms with Gasteiger partial charge in [0.1, 0.15) is 0 Å². The maximum atomic E-state index is 13.2. The van der Waals surface area contributed by atoms with Crippen molar-refractivity contribution in [1.82, 2.24) is 5.32 Å². The lowest BCUT2D eigenvalue weighted by Crippen LogP contribution is -2.23. The van der Waals surface area contributed by atoms with Crippen LogP contribution in [0.1, 0.15) is 23.6 Å². The fraction of sp³-hybridized carbons (Fsp3) is 0.250. The highest BCUT2D eigenvalue weighted by molar-refractivity contribution is 5.96. The standard InChI is InChI=1S/C20H20F3NO2/c1-2-26-14-16-10-8-15(9-11-16)13-24-19(25)12-18(20(21,22)23)17-6-4-3-5-7-17/h3-12H,2,13-14H2,1H3,(H,24,25)/b18-12-. The molecule has 0 radical (unpaired) electrons. The van der Waals surface area contributed by atoms with E-state index in [0.29, 0.717) is 19.3 Å². The second-order valence-corrected chi connectivity index (χ2v) is 5.59. The molecule has 0 unspecified atom stereocenters. The normalized spacial score (nSPS) is 12.1. The van der Waals surface area contributed by atoms with E-state index in [2.05, 4.69) is 5.32 Å². The number of amides is 1. The van der Waals surface area contributed by atoms with Crippen molar-refractivity contribution >= 4 is 11.5 Å². The SMILES string of the molecule is CCOCc1ccc(CNC(=O)/C=C(/c2ccccc2)C(F)(F)F)cc1. The van der Waals surface area contributed by atoms with Crippen molar-refractivity contribution in [3.8, 4) is 0 Å². The minimum Gasteiger partial charge on any atom is -0.377 e. The number of hydrogen-bond acceptors (Lipinski definition) is 2. The van der Waals surface area contributed by atoms with Gasteiger partial charge in [-0.05, 0) is 23.6 Å². The summed E-state index contributed by atoms with van der Waals surface area (Å²) in [5.74, 6) is -0.792. The summed E-state index contributed by atoms with van der Waals surface area (Å²) in [5, 5.41) is 2.49. The predicted octanol–water partition coefficient (Wildman–Crippen LogP) is 4.49. The number of rotatable bonds is 7. The summed E-state index contributed by atoms with van der Waals surface area (Å²) < 4.78 is 44.9. The van der Waals surface area contributed by atoms with Crippen molar-refractivity contribution in [2.24, 2.45) is 0 Å². The molecule has 0 atom stereocenters. The van der Waals surface area contributed by atoms with Crippen LogP contribution in [0.2, 0.25) is 0 Å². The molecule has 1 amide bonds. The smallest absolute Gasteiger partial charge is 0.377 e. The second-order valence-electron chi connectivity index (χ2n) is 5.59. The number of halogens is 3. The van der Waals surface area contributed by atoms with Gasteiger partial charge in [-0.15, -0.1) is 0 Å². The van der Waals surface area contributed by atoms with Crippen LogP contribution in [-0.4, -0.2) is 18.7 Å². The van der Waals surface area contributed by atoms with Crippen molar-refractivity contribution in [2.75, 3.05) is 6.61 Å². The van der Waals surface area contributed by atoms with E-state index in [1.54, 1.807) is 18.2 Å². The molecular formula is C20H20F3NO2. The van der Waals surface area contributed by atoms with E-state index in [-0.39, 0.29) is 12.1 Å². The quantitative estimate of drug-likeness (QED) is 0.737. The number of hydrogen-bond donors (Lipinski definition) is 1. The van der Waals surface area contributed by atoms with E-state index in [1.165, 1.54) is 24.3 Å². The van der Waals surface area contributed by atoms with Gasteiger partial charge in [-0.3, -0.25) is 4.79 Å². The van der Waals surface area contributed by atoms with Crippen LogP contribution < -0.4 is 5.32 Å². The van der Waals surface area contributed by atoms with Gasteiger partial charge in [0.05, 0.1) is 12.2 Å². The van der Waals surface area contributed by atoms with E-state index in [4.69, 9.17) is 4.74 Å². The van der Waals surface area contributed by atoms with Crippen LogP contribution in [-0.2, 0) is 22.7 Å². The molecule has 26 heavy (non-hydrogen) atoms. The van der Waals surface area contributed by atoms with Crippen molar-refractivity contribution in [2.45, 2.75) is 26.3 Å². The molecule has 2 aromatic carbocycles. The third kappa shape index (κ3) is 6.04. The molecule has 2 rings (SSSR count). The fourth-order valence-corrected chi connectivity index (χ4v) is 2.29. The molecule has 0 spiro atoms.